The van der Waals surface area contributed by atoms with Gasteiger partial charge in [-0.2, -0.15) is 0 Å². The van der Waals surface area contributed by atoms with Gasteiger partial charge in [-0.25, -0.2) is 13.1 Å². The van der Waals surface area contributed by atoms with Crippen LogP contribution in [0.5, 0.6) is 0 Å². The highest BCUT2D eigenvalue weighted by Gasteiger charge is 2.16. The maximum atomic E-state index is 11.4. The maximum Gasteiger partial charge on any atom is 0.211 e. The maximum absolute atomic E-state index is 11.4. The van der Waals surface area contributed by atoms with Gasteiger partial charge in [0.15, 0.2) is 0 Å². The van der Waals surface area contributed by atoms with Crippen molar-refractivity contribution in [1.29, 1.82) is 0 Å². The molecule has 0 aromatic rings. The van der Waals surface area contributed by atoms with E-state index in [1.54, 1.807) is 0 Å². The van der Waals surface area contributed by atoms with Crippen molar-refractivity contribution in [2.24, 2.45) is 11.7 Å². The standard InChI is InChI=1S/C9H22N2O2S.ClH/c1-4-5-14(12,13)11-9(7-10)6-8(2)3;/h8-9,11H,4-7,10H2,1-3H3;1H. The van der Waals surface area contributed by atoms with Crippen molar-refractivity contribution in [1.82, 2.24) is 4.72 Å². The minimum atomic E-state index is -3.12. The van der Waals surface area contributed by atoms with Crippen molar-refractivity contribution < 1.29 is 8.42 Å². The summed E-state index contributed by atoms with van der Waals surface area (Å²) >= 11 is 0. The highest BCUT2D eigenvalue weighted by molar-refractivity contribution is 7.89. The number of hydrogen-bond donors (Lipinski definition) is 2. The molecule has 0 aliphatic carbocycles. The van der Waals surface area contributed by atoms with Gasteiger partial charge in [0.1, 0.15) is 0 Å². The zero-order valence-corrected chi connectivity index (χ0v) is 11.3. The summed E-state index contributed by atoms with van der Waals surface area (Å²) in [6.45, 7) is 6.31. The van der Waals surface area contributed by atoms with E-state index in [0.717, 1.165) is 6.42 Å². The Morgan fingerprint density at radius 1 is 1.33 bits per heavy atom. The summed E-state index contributed by atoms with van der Waals surface area (Å²) in [7, 11) is -3.12. The Bertz CT molecular complexity index is 242. The highest BCUT2D eigenvalue weighted by atomic mass is 35.5. The lowest BCUT2D eigenvalue weighted by Crippen LogP contribution is -2.41. The summed E-state index contributed by atoms with van der Waals surface area (Å²) in [4.78, 5) is 0. The number of sulfonamides is 1. The lowest BCUT2D eigenvalue weighted by molar-refractivity contribution is 0.465. The van der Waals surface area contributed by atoms with E-state index < -0.39 is 10.0 Å². The number of nitrogens with one attached hydrogen (secondary N) is 1. The van der Waals surface area contributed by atoms with Crippen LogP contribution in [0.3, 0.4) is 0 Å². The van der Waals surface area contributed by atoms with Crippen molar-refractivity contribution in [2.75, 3.05) is 12.3 Å². The molecule has 3 N–H and O–H groups in total. The summed E-state index contributed by atoms with van der Waals surface area (Å²) in [6, 6.07) is -0.119. The Balaban J connectivity index is 0. The second-order valence-electron chi connectivity index (χ2n) is 4.00. The third-order valence-electron chi connectivity index (χ3n) is 1.86. The molecule has 1 unspecified atom stereocenters. The average Bonchev–Trinajstić information content (AvgIpc) is 2.01. The van der Waals surface area contributed by atoms with Gasteiger partial charge in [0.2, 0.25) is 10.0 Å². The van der Waals surface area contributed by atoms with Gasteiger partial charge in [-0.15, -0.1) is 12.4 Å². The van der Waals surface area contributed by atoms with Crippen LogP contribution in [0.4, 0.5) is 0 Å². The molecule has 0 aromatic carbocycles. The van der Waals surface area contributed by atoms with Gasteiger partial charge in [-0.1, -0.05) is 20.8 Å². The van der Waals surface area contributed by atoms with Crippen LogP contribution < -0.4 is 10.5 Å². The molecule has 94 valence electrons. The number of hydrogen-bond acceptors (Lipinski definition) is 3. The predicted molar refractivity (Wildman–Crippen MR) is 66.8 cm³/mol. The van der Waals surface area contributed by atoms with Crippen molar-refractivity contribution in [2.45, 2.75) is 39.7 Å². The quantitative estimate of drug-likeness (QED) is 0.719. The van der Waals surface area contributed by atoms with Crippen molar-refractivity contribution >= 4 is 22.4 Å². The van der Waals surface area contributed by atoms with Crippen molar-refractivity contribution in [3.05, 3.63) is 0 Å². The summed E-state index contributed by atoms with van der Waals surface area (Å²) in [6.07, 6.45) is 1.42. The normalized spacial score (nSPS) is 13.7. The second-order valence-corrected chi connectivity index (χ2v) is 5.87. The number of halogens is 1. The first-order valence-electron chi connectivity index (χ1n) is 5.11. The number of rotatable bonds is 7. The Morgan fingerprint density at radius 3 is 2.20 bits per heavy atom. The Labute approximate surface area is 99.5 Å². The topological polar surface area (TPSA) is 72.2 Å². The van der Waals surface area contributed by atoms with E-state index in [-0.39, 0.29) is 24.2 Å². The molecular weight excluding hydrogens is 236 g/mol. The Kier molecular flexibility index (Phi) is 9.74. The second kappa shape index (κ2) is 8.33. The van der Waals surface area contributed by atoms with Crippen LogP contribution in [0.1, 0.15) is 33.6 Å². The molecule has 0 saturated heterocycles. The average molecular weight is 259 g/mol. The largest absolute Gasteiger partial charge is 0.329 e. The fourth-order valence-electron chi connectivity index (χ4n) is 1.34. The van der Waals surface area contributed by atoms with E-state index in [1.807, 2.05) is 6.92 Å². The van der Waals surface area contributed by atoms with Crippen LogP contribution in [-0.4, -0.2) is 26.8 Å². The molecule has 1 atom stereocenters. The van der Waals surface area contributed by atoms with Crippen LogP contribution in [0.2, 0.25) is 0 Å². The molecule has 15 heavy (non-hydrogen) atoms. The molecule has 0 aliphatic rings. The third kappa shape index (κ3) is 9.11. The van der Waals surface area contributed by atoms with Gasteiger partial charge in [0.05, 0.1) is 5.75 Å². The first-order valence-corrected chi connectivity index (χ1v) is 6.76. The van der Waals surface area contributed by atoms with Gasteiger partial charge < -0.3 is 5.73 Å². The zero-order valence-electron chi connectivity index (χ0n) is 9.69. The SMILES string of the molecule is CCCS(=O)(=O)NC(CN)CC(C)C.Cl. The summed E-state index contributed by atoms with van der Waals surface area (Å²) in [5, 5.41) is 0. The molecule has 0 bridgehead atoms. The van der Waals surface area contributed by atoms with Crippen LogP contribution in [0.25, 0.3) is 0 Å². The first kappa shape index (κ1) is 17.6. The van der Waals surface area contributed by atoms with E-state index in [1.165, 1.54) is 0 Å². The van der Waals surface area contributed by atoms with Crippen LogP contribution >= 0.6 is 12.4 Å². The highest BCUT2D eigenvalue weighted by Crippen LogP contribution is 2.05. The first-order chi connectivity index (χ1) is 6.41. The van der Waals surface area contributed by atoms with Gasteiger partial charge in [0, 0.05) is 12.6 Å². The Morgan fingerprint density at radius 2 is 1.87 bits per heavy atom. The van der Waals surface area contributed by atoms with E-state index >= 15 is 0 Å². The summed E-state index contributed by atoms with van der Waals surface area (Å²) < 4.78 is 25.5. The summed E-state index contributed by atoms with van der Waals surface area (Å²) in [5.74, 6) is 0.634. The van der Waals surface area contributed by atoms with Gasteiger partial charge in [-0.05, 0) is 18.8 Å². The predicted octanol–water partition coefficient (Wildman–Crippen LogP) is 1.11. The monoisotopic (exact) mass is 258 g/mol. The molecule has 0 spiro atoms. The minimum absolute atomic E-state index is 0. The fraction of sp³-hybridized carbons (Fsp3) is 1.00. The van der Waals surface area contributed by atoms with E-state index in [0.29, 0.717) is 18.9 Å². The van der Waals surface area contributed by atoms with Gasteiger partial charge in [0.25, 0.3) is 0 Å². The van der Waals surface area contributed by atoms with Crippen LogP contribution in [-0.2, 0) is 10.0 Å². The van der Waals surface area contributed by atoms with Crippen LogP contribution in [0.15, 0.2) is 0 Å². The fourth-order valence-corrected chi connectivity index (χ4v) is 2.70. The zero-order chi connectivity index (χ0) is 11.2. The lowest BCUT2D eigenvalue weighted by Gasteiger charge is -2.18. The Hall–Kier alpha value is 0.160. The molecule has 0 saturated carbocycles. The molecular formula is C9H23ClN2O2S. The molecule has 0 aliphatic heterocycles. The van der Waals surface area contributed by atoms with Gasteiger partial charge in [-0.3, -0.25) is 0 Å². The van der Waals surface area contributed by atoms with E-state index in [9.17, 15) is 8.42 Å². The van der Waals surface area contributed by atoms with Crippen LogP contribution in [0, 0.1) is 5.92 Å². The molecule has 0 rings (SSSR count). The molecule has 0 aromatic heterocycles. The smallest absolute Gasteiger partial charge is 0.211 e. The van der Waals surface area contributed by atoms with E-state index in [2.05, 4.69) is 18.6 Å². The minimum Gasteiger partial charge on any atom is -0.329 e. The van der Waals surface area contributed by atoms with E-state index in [4.69, 9.17) is 5.73 Å². The molecule has 0 heterocycles. The molecule has 0 radical (unpaired) electrons. The number of nitrogens with two attached hydrogens (primary N) is 1. The third-order valence-corrected chi connectivity index (χ3v) is 3.50. The van der Waals surface area contributed by atoms with Crippen molar-refractivity contribution in [3.8, 4) is 0 Å². The molecule has 6 heteroatoms. The lowest BCUT2D eigenvalue weighted by atomic mass is 10.1. The molecule has 0 fully saturated rings. The van der Waals surface area contributed by atoms with Gasteiger partial charge >= 0.3 is 0 Å². The summed E-state index contributed by atoms with van der Waals surface area (Å²) in [5.41, 5.74) is 5.50. The molecule has 0 amide bonds. The molecule has 4 nitrogen and oxygen atoms in total. The van der Waals surface area contributed by atoms with Crippen molar-refractivity contribution in [3.63, 3.8) is 0 Å².